The van der Waals surface area contributed by atoms with E-state index in [9.17, 15) is 9.90 Å². The number of anilines is 1. The Hall–Kier alpha value is -3.32. The van der Waals surface area contributed by atoms with Gasteiger partial charge in [0.05, 0.1) is 11.3 Å². The molecule has 172 valence electrons. The number of benzene rings is 3. The minimum absolute atomic E-state index is 0.175. The van der Waals surface area contributed by atoms with E-state index in [1.54, 1.807) is 30.3 Å². The van der Waals surface area contributed by atoms with Gasteiger partial charge in [0.15, 0.2) is 0 Å². The number of hydrogen-bond donors (Lipinski definition) is 2. The molecular weight excluding hydrogens is 434 g/mol. The number of nitrogen functional groups attached to an aromatic ring is 1. The van der Waals surface area contributed by atoms with Crippen LogP contribution in [0.5, 0.6) is 5.75 Å². The minimum atomic E-state index is -0.330. The average molecular weight is 464 g/mol. The molecule has 0 aromatic heterocycles. The van der Waals surface area contributed by atoms with Gasteiger partial charge >= 0.3 is 5.97 Å². The predicted octanol–water partition coefficient (Wildman–Crippen LogP) is 6.99. The topological polar surface area (TPSA) is 97.3 Å². The molecule has 7 heteroatoms. The number of carbonyl (C=O) groups is 1. The maximum atomic E-state index is 12.0. The highest BCUT2D eigenvalue weighted by Crippen LogP contribution is 2.35. The summed E-state index contributed by atoms with van der Waals surface area (Å²) < 4.78 is 5.30. The van der Waals surface area contributed by atoms with E-state index in [2.05, 4.69) is 17.2 Å². The van der Waals surface area contributed by atoms with Crippen LogP contribution in [0.15, 0.2) is 75.8 Å². The molecule has 0 aliphatic carbocycles. The third-order valence-corrected chi connectivity index (χ3v) is 5.93. The van der Waals surface area contributed by atoms with Gasteiger partial charge in [-0.15, -0.1) is 22.0 Å². The van der Waals surface area contributed by atoms with Gasteiger partial charge in [-0.25, -0.2) is 4.79 Å². The van der Waals surface area contributed by atoms with E-state index >= 15 is 0 Å². The molecule has 0 unspecified atom stereocenters. The zero-order chi connectivity index (χ0) is 23.6. The van der Waals surface area contributed by atoms with Crippen LogP contribution in [0.4, 0.5) is 17.1 Å². The number of rotatable bonds is 10. The number of hydrogen-bond acceptors (Lipinski definition) is 7. The van der Waals surface area contributed by atoms with Crippen LogP contribution in [-0.4, -0.2) is 23.4 Å². The highest BCUT2D eigenvalue weighted by atomic mass is 32.2. The SMILES string of the molecule is CCCCc1cc(C)cc(N=Nc2ccc(SCCOC(=O)c3ccccc3)cc2N)c1O. The molecule has 6 nitrogen and oxygen atoms in total. The second kappa shape index (κ2) is 12.1. The molecule has 33 heavy (non-hydrogen) atoms. The van der Waals surface area contributed by atoms with E-state index in [4.69, 9.17) is 10.5 Å². The van der Waals surface area contributed by atoms with Gasteiger partial charge in [0.25, 0.3) is 0 Å². The Kier molecular flexibility index (Phi) is 8.89. The smallest absolute Gasteiger partial charge is 0.338 e. The van der Waals surface area contributed by atoms with E-state index < -0.39 is 0 Å². The maximum Gasteiger partial charge on any atom is 0.338 e. The zero-order valence-corrected chi connectivity index (χ0v) is 19.8. The number of nitrogens with zero attached hydrogens (tertiary/aromatic N) is 2. The highest BCUT2D eigenvalue weighted by molar-refractivity contribution is 7.99. The van der Waals surface area contributed by atoms with Crippen molar-refractivity contribution in [3.05, 3.63) is 77.4 Å². The van der Waals surface area contributed by atoms with Crippen molar-refractivity contribution < 1.29 is 14.6 Å². The first-order valence-electron chi connectivity index (χ1n) is 11.0. The van der Waals surface area contributed by atoms with Crippen molar-refractivity contribution in [2.24, 2.45) is 10.2 Å². The Morgan fingerprint density at radius 2 is 1.82 bits per heavy atom. The number of nitrogens with two attached hydrogens (primary N) is 1. The van der Waals surface area contributed by atoms with Crippen LogP contribution < -0.4 is 5.73 Å². The molecular formula is C26H29N3O3S. The van der Waals surface area contributed by atoms with Gasteiger partial charge in [-0.2, -0.15) is 0 Å². The van der Waals surface area contributed by atoms with E-state index in [0.717, 1.165) is 35.3 Å². The first-order chi connectivity index (χ1) is 16.0. The lowest BCUT2D eigenvalue weighted by atomic mass is 10.0. The summed E-state index contributed by atoms with van der Waals surface area (Å²) in [4.78, 5) is 12.9. The molecule has 0 heterocycles. The van der Waals surface area contributed by atoms with Gasteiger partial charge in [0.2, 0.25) is 0 Å². The Labute approximate surface area is 198 Å². The monoisotopic (exact) mass is 463 g/mol. The lowest BCUT2D eigenvalue weighted by molar-refractivity contribution is 0.0530. The first-order valence-corrected chi connectivity index (χ1v) is 11.9. The Morgan fingerprint density at radius 3 is 2.55 bits per heavy atom. The molecule has 0 aliphatic heterocycles. The third kappa shape index (κ3) is 7.08. The number of ether oxygens (including phenoxy) is 1. The van der Waals surface area contributed by atoms with Crippen molar-refractivity contribution in [1.29, 1.82) is 0 Å². The number of aromatic hydroxyl groups is 1. The molecule has 3 aromatic carbocycles. The van der Waals surface area contributed by atoms with Crippen molar-refractivity contribution in [3.63, 3.8) is 0 Å². The Morgan fingerprint density at radius 1 is 1.06 bits per heavy atom. The number of carbonyl (C=O) groups excluding carboxylic acids is 1. The average Bonchev–Trinajstić information content (AvgIpc) is 2.82. The van der Waals surface area contributed by atoms with Crippen molar-refractivity contribution in [3.8, 4) is 5.75 Å². The van der Waals surface area contributed by atoms with Gasteiger partial charge in [0, 0.05) is 10.6 Å². The number of thioether (sulfide) groups is 1. The van der Waals surface area contributed by atoms with Gasteiger partial charge in [-0.1, -0.05) is 37.6 Å². The standard InChI is InChI=1S/C26H29N3O3S/c1-3-4-8-20-15-18(2)16-24(25(20)30)29-28-23-12-11-21(17-22(23)27)33-14-13-32-26(31)19-9-6-5-7-10-19/h5-7,9-12,15-17,30H,3-4,8,13-14,27H2,1-2H3. The van der Waals surface area contributed by atoms with Crippen molar-refractivity contribution in [2.45, 2.75) is 38.0 Å². The molecule has 3 aromatic rings. The summed E-state index contributed by atoms with van der Waals surface area (Å²) in [5.41, 5.74) is 10.1. The molecule has 0 amide bonds. The fourth-order valence-corrected chi connectivity index (χ4v) is 4.02. The van der Waals surface area contributed by atoms with Gasteiger partial charge in [-0.3, -0.25) is 0 Å². The fraction of sp³-hybridized carbons (Fsp3) is 0.269. The third-order valence-electron chi connectivity index (χ3n) is 4.97. The summed E-state index contributed by atoms with van der Waals surface area (Å²) in [5.74, 6) is 0.452. The number of azo groups is 1. The van der Waals surface area contributed by atoms with Gasteiger partial charge in [0.1, 0.15) is 23.7 Å². The molecule has 0 aliphatic rings. The molecule has 0 atom stereocenters. The highest BCUT2D eigenvalue weighted by Gasteiger charge is 2.09. The summed E-state index contributed by atoms with van der Waals surface area (Å²) >= 11 is 1.54. The second-order valence-electron chi connectivity index (χ2n) is 7.67. The number of phenols is 1. The van der Waals surface area contributed by atoms with Crippen molar-refractivity contribution in [1.82, 2.24) is 0 Å². The molecule has 0 saturated carbocycles. The summed E-state index contributed by atoms with van der Waals surface area (Å²) in [5, 5.41) is 19.0. The number of phenolic OH excluding ortho intramolecular Hbond substituents is 1. The van der Waals surface area contributed by atoms with Crippen LogP contribution in [0.2, 0.25) is 0 Å². The minimum Gasteiger partial charge on any atom is -0.505 e. The number of aryl methyl sites for hydroxylation is 2. The lowest BCUT2D eigenvalue weighted by Gasteiger charge is -2.08. The Balaban J connectivity index is 1.58. The molecule has 0 bridgehead atoms. The van der Waals surface area contributed by atoms with E-state index in [0.29, 0.717) is 35.0 Å². The van der Waals surface area contributed by atoms with Crippen LogP contribution in [0.1, 0.15) is 41.3 Å². The predicted molar refractivity (Wildman–Crippen MR) is 134 cm³/mol. The second-order valence-corrected chi connectivity index (χ2v) is 8.83. The Bertz CT molecular complexity index is 1120. The molecule has 0 saturated heterocycles. The van der Waals surface area contributed by atoms with Crippen LogP contribution in [0.3, 0.4) is 0 Å². The van der Waals surface area contributed by atoms with E-state index in [1.807, 2.05) is 37.3 Å². The number of esters is 1. The molecule has 3 N–H and O–H groups in total. The van der Waals surface area contributed by atoms with Crippen LogP contribution in [0, 0.1) is 6.92 Å². The van der Waals surface area contributed by atoms with Crippen LogP contribution in [-0.2, 0) is 11.2 Å². The zero-order valence-electron chi connectivity index (χ0n) is 19.0. The molecule has 0 radical (unpaired) electrons. The van der Waals surface area contributed by atoms with E-state index in [1.165, 1.54) is 11.8 Å². The fourth-order valence-electron chi connectivity index (χ4n) is 3.24. The van der Waals surface area contributed by atoms with Crippen LogP contribution in [0.25, 0.3) is 0 Å². The van der Waals surface area contributed by atoms with Crippen molar-refractivity contribution >= 4 is 34.8 Å². The molecule has 3 rings (SSSR count). The van der Waals surface area contributed by atoms with E-state index in [-0.39, 0.29) is 11.7 Å². The molecule has 0 spiro atoms. The summed E-state index contributed by atoms with van der Waals surface area (Å²) in [6, 6.07) is 18.2. The van der Waals surface area contributed by atoms with Crippen molar-refractivity contribution in [2.75, 3.05) is 18.1 Å². The largest absolute Gasteiger partial charge is 0.505 e. The van der Waals surface area contributed by atoms with Gasteiger partial charge in [-0.05, 0) is 67.3 Å². The quantitative estimate of drug-likeness (QED) is 0.111. The maximum absolute atomic E-state index is 12.0. The van der Waals surface area contributed by atoms with Gasteiger partial charge < -0.3 is 15.6 Å². The normalized spacial score (nSPS) is 11.1. The van der Waals surface area contributed by atoms with Crippen LogP contribution >= 0.6 is 11.8 Å². The summed E-state index contributed by atoms with van der Waals surface area (Å²) in [6.45, 7) is 4.40. The summed E-state index contributed by atoms with van der Waals surface area (Å²) in [6.07, 6.45) is 2.87. The summed E-state index contributed by atoms with van der Waals surface area (Å²) in [7, 11) is 0. The number of unbranched alkanes of at least 4 members (excludes halogenated alkanes) is 1. The lowest BCUT2D eigenvalue weighted by Crippen LogP contribution is -2.07. The first kappa shape index (κ1) is 24.3. The molecule has 0 fully saturated rings.